The molecule has 1 amide bonds. The van der Waals surface area contributed by atoms with Crippen LogP contribution in [0.3, 0.4) is 0 Å². The second-order valence-corrected chi connectivity index (χ2v) is 7.40. The second kappa shape index (κ2) is 7.16. The SMILES string of the molecule is C=CC1(CCC[C@@H](C)C(NC(=O)OC(C)(C)C)C(=O)O)CC1. The molecule has 0 radical (unpaired) electrons. The quantitative estimate of drug-likeness (QED) is 0.670. The number of carbonyl (C=O) groups excluding carboxylic acids is 1. The largest absolute Gasteiger partial charge is 0.480 e. The average Bonchev–Trinajstić information content (AvgIpc) is 3.14. The Hall–Kier alpha value is -1.52. The lowest BCUT2D eigenvalue weighted by atomic mass is 9.91. The Morgan fingerprint density at radius 2 is 2.00 bits per heavy atom. The fourth-order valence-electron chi connectivity index (χ4n) is 2.54. The summed E-state index contributed by atoms with van der Waals surface area (Å²) in [6.07, 6.45) is 6.43. The number of nitrogens with one attached hydrogen (secondary N) is 1. The molecule has 1 fully saturated rings. The number of allylic oxidation sites excluding steroid dienone is 1. The van der Waals surface area contributed by atoms with E-state index in [1.807, 2.05) is 13.0 Å². The van der Waals surface area contributed by atoms with Crippen molar-refractivity contribution >= 4 is 12.1 Å². The van der Waals surface area contributed by atoms with Gasteiger partial charge in [-0.2, -0.15) is 0 Å². The summed E-state index contributed by atoms with van der Waals surface area (Å²) in [5.41, 5.74) is -0.351. The number of alkyl carbamates (subject to hydrolysis) is 1. The van der Waals surface area contributed by atoms with Crippen LogP contribution in [0.1, 0.15) is 59.8 Å². The van der Waals surface area contributed by atoms with E-state index in [1.54, 1.807) is 20.8 Å². The zero-order chi connectivity index (χ0) is 17.0. The van der Waals surface area contributed by atoms with Crippen LogP contribution < -0.4 is 5.32 Å². The summed E-state index contributed by atoms with van der Waals surface area (Å²) in [4.78, 5) is 23.1. The van der Waals surface area contributed by atoms with Gasteiger partial charge in [-0.05, 0) is 57.8 Å². The predicted molar refractivity (Wildman–Crippen MR) is 85.7 cm³/mol. The van der Waals surface area contributed by atoms with E-state index in [-0.39, 0.29) is 11.3 Å². The lowest BCUT2D eigenvalue weighted by Gasteiger charge is -2.25. The Labute approximate surface area is 133 Å². The van der Waals surface area contributed by atoms with Gasteiger partial charge in [-0.3, -0.25) is 0 Å². The summed E-state index contributed by atoms with van der Waals surface area (Å²) in [5, 5.41) is 11.8. The van der Waals surface area contributed by atoms with Crippen molar-refractivity contribution in [3.63, 3.8) is 0 Å². The molecular formula is C17H29NO4. The van der Waals surface area contributed by atoms with Crippen molar-refractivity contribution in [3.8, 4) is 0 Å². The third-order valence-electron chi connectivity index (χ3n) is 4.17. The molecule has 1 rings (SSSR count). The van der Waals surface area contributed by atoms with E-state index in [0.29, 0.717) is 0 Å². The number of carboxylic acid groups (broad SMARTS) is 1. The highest BCUT2D eigenvalue weighted by Gasteiger charge is 2.38. The first-order chi connectivity index (χ1) is 10.1. The standard InChI is InChI=1S/C17H29NO4/c1-6-17(10-11-17)9-7-8-12(2)13(14(19)20)18-15(21)22-16(3,4)5/h6,12-13H,1,7-11H2,2-5H3,(H,18,21)(H,19,20)/t12-,13?/m1/s1. The first kappa shape index (κ1) is 18.5. The summed E-state index contributed by atoms with van der Waals surface area (Å²) in [5.74, 6) is -1.17. The molecule has 0 aromatic rings. The van der Waals surface area contributed by atoms with Gasteiger partial charge in [0.25, 0.3) is 0 Å². The molecular weight excluding hydrogens is 282 g/mol. The predicted octanol–water partition coefficient (Wildman–Crippen LogP) is 3.74. The Morgan fingerprint density at radius 1 is 1.41 bits per heavy atom. The van der Waals surface area contributed by atoms with E-state index >= 15 is 0 Å². The molecule has 2 N–H and O–H groups in total. The number of hydrogen-bond donors (Lipinski definition) is 2. The van der Waals surface area contributed by atoms with E-state index in [2.05, 4.69) is 11.9 Å². The molecule has 5 nitrogen and oxygen atoms in total. The zero-order valence-electron chi connectivity index (χ0n) is 14.1. The van der Waals surface area contributed by atoms with Crippen LogP contribution in [0.25, 0.3) is 0 Å². The number of carbonyl (C=O) groups is 2. The Balaban J connectivity index is 2.45. The maximum absolute atomic E-state index is 11.8. The molecule has 0 heterocycles. The molecule has 0 spiro atoms. The molecule has 126 valence electrons. The molecule has 1 unspecified atom stereocenters. The molecule has 22 heavy (non-hydrogen) atoms. The van der Waals surface area contributed by atoms with Crippen LogP contribution in [-0.2, 0) is 9.53 Å². The Kier molecular flexibility index (Phi) is 6.03. The minimum atomic E-state index is -1.02. The van der Waals surface area contributed by atoms with E-state index in [0.717, 1.165) is 19.3 Å². The van der Waals surface area contributed by atoms with Gasteiger partial charge in [-0.25, -0.2) is 9.59 Å². The van der Waals surface area contributed by atoms with Crippen LogP contribution >= 0.6 is 0 Å². The van der Waals surface area contributed by atoms with Gasteiger partial charge in [0.05, 0.1) is 0 Å². The molecule has 0 saturated heterocycles. The van der Waals surface area contributed by atoms with Gasteiger partial charge in [-0.1, -0.05) is 19.4 Å². The molecule has 1 saturated carbocycles. The van der Waals surface area contributed by atoms with Crippen molar-refractivity contribution in [3.05, 3.63) is 12.7 Å². The smallest absolute Gasteiger partial charge is 0.408 e. The normalized spacial score (nSPS) is 18.9. The van der Waals surface area contributed by atoms with E-state index in [9.17, 15) is 14.7 Å². The van der Waals surface area contributed by atoms with Gasteiger partial charge in [0.15, 0.2) is 0 Å². The van der Waals surface area contributed by atoms with Crippen LogP contribution in [0.2, 0.25) is 0 Å². The van der Waals surface area contributed by atoms with Crippen molar-refractivity contribution in [2.24, 2.45) is 11.3 Å². The van der Waals surface area contributed by atoms with Crippen molar-refractivity contribution in [1.82, 2.24) is 5.32 Å². The van der Waals surface area contributed by atoms with Gasteiger partial charge in [-0.15, -0.1) is 6.58 Å². The summed E-state index contributed by atoms with van der Waals surface area (Å²) < 4.78 is 5.13. The van der Waals surface area contributed by atoms with Crippen molar-refractivity contribution < 1.29 is 19.4 Å². The Bertz CT molecular complexity index is 421. The number of carboxylic acids is 1. The van der Waals surface area contributed by atoms with E-state index in [1.165, 1.54) is 12.8 Å². The number of amides is 1. The first-order valence-corrected chi connectivity index (χ1v) is 7.94. The Morgan fingerprint density at radius 3 is 2.41 bits per heavy atom. The number of hydrogen-bond acceptors (Lipinski definition) is 3. The number of aliphatic carboxylic acids is 1. The molecule has 5 heteroatoms. The van der Waals surface area contributed by atoms with Crippen LogP contribution in [0.5, 0.6) is 0 Å². The molecule has 0 aromatic carbocycles. The van der Waals surface area contributed by atoms with Gasteiger partial charge < -0.3 is 15.2 Å². The number of ether oxygens (including phenoxy) is 1. The van der Waals surface area contributed by atoms with Crippen molar-refractivity contribution in [2.75, 3.05) is 0 Å². The highest BCUT2D eigenvalue weighted by atomic mass is 16.6. The zero-order valence-corrected chi connectivity index (χ0v) is 14.1. The molecule has 1 aliphatic carbocycles. The maximum Gasteiger partial charge on any atom is 0.408 e. The van der Waals surface area contributed by atoms with Gasteiger partial charge in [0.1, 0.15) is 11.6 Å². The average molecular weight is 311 g/mol. The highest BCUT2D eigenvalue weighted by molar-refractivity contribution is 5.80. The van der Waals surface area contributed by atoms with Crippen LogP contribution in [0.4, 0.5) is 4.79 Å². The third kappa shape index (κ3) is 6.08. The van der Waals surface area contributed by atoms with Crippen molar-refractivity contribution in [2.45, 2.75) is 71.4 Å². The topological polar surface area (TPSA) is 75.6 Å². The minimum absolute atomic E-state index is 0.148. The molecule has 1 aliphatic rings. The van der Waals surface area contributed by atoms with Crippen LogP contribution in [0, 0.1) is 11.3 Å². The second-order valence-electron chi connectivity index (χ2n) is 7.40. The molecule has 2 atom stereocenters. The monoisotopic (exact) mass is 311 g/mol. The fraction of sp³-hybridized carbons (Fsp3) is 0.765. The molecule has 0 bridgehead atoms. The summed E-state index contributed by atoms with van der Waals surface area (Å²) in [6, 6.07) is -0.922. The fourth-order valence-corrected chi connectivity index (χ4v) is 2.54. The lowest BCUT2D eigenvalue weighted by molar-refractivity contribution is -0.140. The third-order valence-corrected chi connectivity index (χ3v) is 4.17. The maximum atomic E-state index is 11.8. The number of rotatable bonds is 8. The molecule has 0 aliphatic heterocycles. The first-order valence-electron chi connectivity index (χ1n) is 7.94. The van der Waals surface area contributed by atoms with Gasteiger partial charge in [0, 0.05) is 0 Å². The summed E-state index contributed by atoms with van der Waals surface area (Å²) in [6.45, 7) is 11.0. The highest BCUT2D eigenvalue weighted by Crippen LogP contribution is 2.50. The van der Waals surface area contributed by atoms with Crippen LogP contribution in [0.15, 0.2) is 12.7 Å². The summed E-state index contributed by atoms with van der Waals surface area (Å²) >= 11 is 0. The van der Waals surface area contributed by atoms with Crippen molar-refractivity contribution in [1.29, 1.82) is 0 Å². The van der Waals surface area contributed by atoms with Crippen LogP contribution in [-0.4, -0.2) is 28.8 Å². The van der Waals surface area contributed by atoms with E-state index in [4.69, 9.17) is 4.74 Å². The summed E-state index contributed by atoms with van der Waals surface area (Å²) in [7, 11) is 0. The molecule has 0 aromatic heterocycles. The van der Waals surface area contributed by atoms with Gasteiger partial charge >= 0.3 is 12.1 Å². The van der Waals surface area contributed by atoms with Gasteiger partial charge in [0.2, 0.25) is 0 Å². The van der Waals surface area contributed by atoms with E-state index < -0.39 is 23.7 Å². The lowest BCUT2D eigenvalue weighted by Crippen LogP contribution is -2.47. The minimum Gasteiger partial charge on any atom is -0.480 e.